The van der Waals surface area contributed by atoms with Crippen molar-refractivity contribution in [1.82, 2.24) is 15.0 Å². The van der Waals surface area contributed by atoms with Crippen LogP contribution >= 0.6 is 0 Å². The van der Waals surface area contributed by atoms with E-state index in [0.29, 0.717) is 22.4 Å². The van der Waals surface area contributed by atoms with E-state index in [0.717, 1.165) is 11.6 Å². The zero-order valence-electron chi connectivity index (χ0n) is 15.4. The normalized spacial score (nSPS) is 11.4. The number of hydrogen-bond donors (Lipinski definition) is 1. The third-order valence-corrected chi connectivity index (χ3v) is 3.92. The first-order chi connectivity index (χ1) is 13.4. The lowest BCUT2D eigenvalue weighted by Crippen LogP contribution is -2.16. The highest BCUT2D eigenvalue weighted by atomic mass is 19.1. The third kappa shape index (κ3) is 3.98. The van der Waals surface area contributed by atoms with E-state index in [2.05, 4.69) is 25.0 Å². The minimum Gasteiger partial charge on any atom is -0.466 e. The second-order valence-corrected chi connectivity index (χ2v) is 5.82. The lowest BCUT2D eigenvalue weighted by Gasteiger charge is -2.11. The van der Waals surface area contributed by atoms with Gasteiger partial charge in [0.1, 0.15) is 22.5 Å². The van der Waals surface area contributed by atoms with E-state index in [1.165, 1.54) is 31.1 Å². The number of nitrogens with one attached hydrogen (secondary N) is 1. The van der Waals surface area contributed by atoms with Gasteiger partial charge in [0.25, 0.3) is 0 Å². The maximum absolute atomic E-state index is 13.1. The van der Waals surface area contributed by atoms with Gasteiger partial charge in [-0.25, -0.2) is 14.0 Å². The van der Waals surface area contributed by atoms with Crippen molar-refractivity contribution in [2.24, 2.45) is 0 Å². The van der Waals surface area contributed by atoms with Crippen molar-refractivity contribution in [2.45, 2.75) is 6.92 Å². The van der Waals surface area contributed by atoms with Gasteiger partial charge in [-0.15, -0.1) is 10.2 Å². The Bertz CT molecular complexity index is 1070. The summed E-state index contributed by atoms with van der Waals surface area (Å²) in [6, 6.07) is 9.23. The Morgan fingerprint density at radius 2 is 1.71 bits per heavy atom. The molecular weight excluding hydrogens is 367 g/mol. The van der Waals surface area contributed by atoms with E-state index < -0.39 is 11.9 Å². The van der Waals surface area contributed by atoms with Crippen LogP contribution in [0.1, 0.15) is 5.56 Å². The van der Waals surface area contributed by atoms with Gasteiger partial charge in [0.2, 0.25) is 0 Å². The van der Waals surface area contributed by atoms with E-state index in [1.54, 1.807) is 24.3 Å². The van der Waals surface area contributed by atoms with Crippen LogP contribution in [0.2, 0.25) is 0 Å². The number of aromatic nitrogens is 3. The van der Waals surface area contributed by atoms with Crippen molar-refractivity contribution in [3.63, 3.8) is 0 Å². The van der Waals surface area contributed by atoms with Crippen molar-refractivity contribution in [1.29, 1.82) is 0 Å². The van der Waals surface area contributed by atoms with Crippen LogP contribution in [0.25, 0.3) is 16.7 Å². The molecule has 3 rings (SSSR count). The molecule has 1 heterocycles. The van der Waals surface area contributed by atoms with Crippen LogP contribution in [-0.4, -0.2) is 41.2 Å². The molecule has 144 valence electrons. The van der Waals surface area contributed by atoms with E-state index in [1.807, 2.05) is 6.92 Å². The summed E-state index contributed by atoms with van der Waals surface area (Å²) in [6.45, 7) is 1.81. The Balaban J connectivity index is 1.98. The van der Waals surface area contributed by atoms with Crippen LogP contribution in [0.3, 0.4) is 0 Å². The van der Waals surface area contributed by atoms with Gasteiger partial charge >= 0.3 is 11.9 Å². The predicted octanol–water partition coefficient (Wildman–Crippen LogP) is 2.51. The number of hydrogen-bond acceptors (Lipinski definition) is 7. The molecule has 0 radical (unpaired) electrons. The number of anilines is 1. The molecule has 0 aliphatic heterocycles. The first kappa shape index (κ1) is 19.0. The van der Waals surface area contributed by atoms with Crippen LogP contribution in [-0.2, 0) is 19.1 Å². The minimum absolute atomic E-state index is 0.0808. The summed E-state index contributed by atoms with van der Waals surface area (Å²) in [6.07, 6.45) is 1.00. The highest BCUT2D eigenvalue weighted by Crippen LogP contribution is 2.23. The first-order valence-electron chi connectivity index (χ1n) is 8.20. The fourth-order valence-corrected chi connectivity index (χ4v) is 2.47. The molecule has 1 N–H and O–H groups in total. The number of halogens is 1. The fourth-order valence-electron chi connectivity index (χ4n) is 2.47. The van der Waals surface area contributed by atoms with E-state index in [4.69, 9.17) is 0 Å². The number of nitrogens with zero attached hydrogens (tertiary/aromatic N) is 3. The van der Waals surface area contributed by atoms with Gasteiger partial charge in [0, 0.05) is 5.69 Å². The van der Waals surface area contributed by atoms with Gasteiger partial charge in [-0.3, -0.25) is 0 Å². The average molecular weight is 384 g/mol. The van der Waals surface area contributed by atoms with Gasteiger partial charge in [-0.05, 0) is 48.9 Å². The number of methoxy groups -OCH3 is 2. The molecule has 0 spiro atoms. The van der Waals surface area contributed by atoms with Crippen molar-refractivity contribution >= 4 is 28.7 Å². The second-order valence-electron chi connectivity index (χ2n) is 5.82. The zero-order chi connectivity index (χ0) is 20.3. The molecule has 28 heavy (non-hydrogen) atoms. The maximum atomic E-state index is 13.1. The Labute approximate surface area is 159 Å². The number of aryl methyl sites for hydroxylation is 1. The van der Waals surface area contributed by atoms with Crippen molar-refractivity contribution in [3.8, 4) is 5.69 Å². The highest BCUT2D eigenvalue weighted by molar-refractivity contribution is 5.99. The molecular formula is C19H17FN4O4. The van der Waals surface area contributed by atoms with Crippen molar-refractivity contribution in [2.75, 3.05) is 19.5 Å². The molecule has 0 aliphatic rings. The number of benzene rings is 2. The number of ether oxygens (including phenoxy) is 2. The quantitative estimate of drug-likeness (QED) is 0.533. The lowest BCUT2D eigenvalue weighted by atomic mass is 10.1. The van der Waals surface area contributed by atoms with Crippen LogP contribution in [0.4, 0.5) is 10.1 Å². The van der Waals surface area contributed by atoms with Crippen LogP contribution in [0, 0.1) is 12.7 Å². The molecule has 0 fully saturated rings. The highest BCUT2D eigenvalue weighted by Gasteiger charge is 2.15. The summed E-state index contributed by atoms with van der Waals surface area (Å²) in [7, 11) is 2.41. The van der Waals surface area contributed by atoms with Crippen LogP contribution in [0.5, 0.6) is 0 Å². The average Bonchev–Trinajstić information content (AvgIpc) is 3.09. The smallest absolute Gasteiger partial charge is 0.354 e. The van der Waals surface area contributed by atoms with E-state index >= 15 is 0 Å². The van der Waals surface area contributed by atoms with Gasteiger partial charge in [0.15, 0.2) is 0 Å². The molecule has 1 aromatic heterocycles. The number of esters is 2. The monoisotopic (exact) mass is 384 g/mol. The standard InChI is InChI=1S/C19H17FN4O4/c1-11-8-15-16(23-24(22-15)13-6-4-12(20)5-7-13)9-14(11)21-17(19(26)28-3)10-18(25)27-2/h4-10,21H,1-3H3/b17-10+. The summed E-state index contributed by atoms with van der Waals surface area (Å²) in [5.41, 5.74) is 2.98. The van der Waals surface area contributed by atoms with Gasteiger partial charge in [-0.1, -0.05) is 0 Å². The fraction of sp³-hybridized carbons (Fsp3) is 0.158. The molecule has 2 aromatic carbocycles. The maximum Gasteiger partial charge on any atom is 0.354 e. The molecule has 0 saturated carbocycles. The van der Waals surface area contributed by atoms with Crippen LogP contribution in [0.15, 0.2) is 48.2 Å². The molecule has 0 atom stereocenters. The third-order valence-electron chi connectivity index (χ3n) is 3.92. The molecule has 0 bridgehead atoms. The zero-order valence-corrected chi connectivity index (χ0v) is 15.4. The molecule has 0 amide bonds. The van der Waals surface area contributed by atoms with Crippen molar-refractivity contribution < 1.29 is 23.5 Å². The molecule has 0 saturated heterocycles. The Morgan fingerprint density at radius 1 is 1.07 bits per heavy atom. The molecule has 0 aliphatic carbocycles. The predicted molar refractivity (Wildman–Crippen MR) is 99.3 cm³/mol. The SMILES string of the molecule is COC(=O)/C=C(/Nc1cc2nn(-c3ccc(F)cc3)nc2cc1C)C(=O)OC. The van der Waals surface area contributed by atoms with E-state index in [9.17, 15) is 14.0 Å². The minimum atomic E-state index is -0.722. The van der Waals surface area contributed by atoms with Gasteiger partial charge in [-0.2, -0.15) is 4.80 Å². The van der Waals surface area contributed by atoms with E-state index in [-0.39, 0.29) is 11.5 Å². The second kappa shape index (κ2) is 7.87. The van der Waals surface area contributed by atoms with Gasteiger partial charge < -0.3 is 14.8 Å². The largest absolute Gasteiger partial charge is 0.466 e. The number of carbonyl (C=O) groups excluding carboxylic acids is 2. The summed E-state index contributed by atoms with van der Waals surface area (Å²) in [5, 5.41) is 11.6. The summed E-state index contributed by atoms with van der Waals surface area (Å²) >= 11 is 0. The topological polar surface area (TPSA) is 95.3 Å². The Kier molecular flexibility index (Phi) is 5.35. The number of rotatable bonds is 5. The Morgan fingerprint density at radius 3 is 2.32 bits per heavy atom. The first-order valence-corrected chi connectivity index (χ1v) is 8.20. The summed E-state index contributed by atoms with van der Waals surface area (Å²) in [4.78, 5) is 24.8. The van der Waals surface area contributed by atoms with Gasteiger partial charge in [0.05, 0.1) is 26.0 Å². The molecule has 8 nitrogen and oxygen atoms in total. The van der Waals surface area contributed by atoms with Crippen molar-refractivity contribution in [3.05, 3.63) is 59.6 Å². The van der Waals surface area contributed by atoms with Crippen LogP contribution < -0.4 is 5.32 Å². The summed E-state index contributed by atoms with van der Waals surface area (Å²) in [5.74, 6) is -1.77. The molecule has 0 unspecified atom stereocenters. The number of fused-ring (bicyclic) bond motifs is 1. The lowest BCUT2D eigenvalue weighted by molar-refractivity contribution is -0.138. The summed E-state index contributed by atoms with van der Waals surface area (Å²) < 4.78 is 22.4. The Hall–Kier alpha value is -3.75. The molecule has 9 heteroatoms. The number of carbonyl (C=O) groups is 2. The molecule has 3 aromatic rings.